The molecule has 1 unspecified atom stereocenters. The summed E-state index contributed by atoms with van der Waals surface area (Å²) in [5.74, 6) is -0.244. The van der Waals surface area contributed by atoms with Crippen LogP contribution in [-0.2, 0) is 11.3 Å². The summed E-state index contributed by atoms with van der Waals surface area (Å²) in [6, 6.07) is 8.33. The molecule has 33 heavy (non-hydrogen) atoms. The predicted molar refractivity (Wildman–Crippen MR) is 118 cm³/mol. The van der Waals surface area contributed by atoms with Crippen LogP contribution in [0.2, 0.25) is 0 Å². The number of tetrazole rings is 1. The minimum Gasteiger partial charge on any atom is -0.484 e. The van der Waals surface area contributed by atoms with Crippen LogP contribution in [0.3, 0.4) is 0 Å². The molecule has 2 aromatic heterocycles. The van der Waals surface area contributed by atoms with E-state index in [1.807, 2.05) is 32.1 Å². The number of ether oxygens (including phenoxy) is 2. The number of rotatable bonds is 6. The first kappa shape index (κ1) is 22.4. The van der Waals surface area contributed by atoms with Crippen molar-refractivity contribution in [1.82, 2.24) is 30.1 Å². The number of benzene rings is 1. The number of pyridine rings is 1. The third-order valence-electron chi connectivity index (χ3n) is 5.21. The van der Waals surface area contributed by atoms with Crippen molar-refractivity contribution in [3.8, 4) is 11.4 Å². The van der Waals surface area contributed by atoms with Crippen LogP contribution < -0.4 is 4.74 Å². The average molecular weight is 452 g/mol. The first-order valence-electron chi connectivity index (χ1n) is 10.7. The summed E-state index contributed by atoms with van der Waals surface area (Å²) in [5.41, 5.74) is 3.29. The Labute approximate surface area is 190 Å². The molecule has 0 N–H and O–H groups in total. The van der Waals surface area contributed by atoms with Crippen molar-refractivity contribution in [3.05, 3.63) is 66.0 Å². The molecular formula is C23H25FN6O3. The Hall–Kier alpha value is -3.82. The highest BCUT2D eigenvalue weighted by Crippen LogP contribution is 2.28. The standard InChI is InChI=1S/C23H25FN6O3/c1-15(2)33-23(31)29-9-8-20(16(3)12-29)17-4-5-18(25-11-17)13-32-22-7-6-19(10-21(22)24)30-14-26-27-28-30/h4-8,10-11,14-16H,9,12-13H2,1-3H3. The number of hydrogen-bond acceptors (Lipinski definition) is 7. The molecule has 4 rings (SSSR count). The summed E-state index contributed by atoms with van der Waals surface area (Å²) in [5, 5.41) is 10.8. The summed E-state index contributed by atoms with van der Waals surface area (Å²) in [7, 11) is 0. The van der Waals surface area contributed by atoms with Crippen molar-refractivity contribution in [3.63, 3.8) is 0 Å². The molecule has 172 valence electrons. The zero-order chi connectivity index (χ0) is 23.4. The van der Waals surface area contributed by atoms with Crippen LogP contribution in [0.5, 0.6) is 5.75 Å². The maximum absolute atomic E-state index is 14.4. The highest BCUT2D eigenvalue weighted by molar-refractivity contribution is 5.73. The maximum atomic E-state index is 14.4. The molecule has 1 aromatic carbocycles. The number of amides is 1. The second-order valence-corrected chi connectivity index (χ2v) is 8.09. The highest BCUT2D eigenvalue weighted by atomic mass is 19.1. The van der Waals surface area contributed by atoms with Gasteiger partial charge in [-0.15, -0.1) is 5.10 Å². The number of nitrogens with zero attached hydrogens (tertiary/aromatic N) is 6. The van der Waals surface area contributed by atoms with Gasteiger partial charge in [-0.25, -0.2) is 13.9 Å². The van der Waals surface area contributed by atoms with Gasteiger partial charge in [0.1, 0.15) is 12.9 Å². The van der Waals surface area contributed by atoms with Gasteiger partial charge in [0, 0.05) is 25.4 Å². The minimum absolute atomic E-state index is 0.120. The Morgan fingerprint density at radius 1 is 1.27 bits per heavy atom. The molecule has 3 aromatic rings. The number of aromatic nitrogens is 5. The average Bonchev–Trinajstić information content (AvgIpc) is 3.33. The van der Waals surface area contributed by atoms with E-state index in [4.69, 9.17) is 9.47 Å². The summed E-state index contributed by atoms with van der Waals surface area (Å²) >= 11 is 0. The predicted octanol–water partition coefficient (Wildman–Crippen LogP) is 3.66. The van der Waals surface area contributed by atoms with Gasteiger partial charge in [-0.05, 0) is 59.5 Å². The van der Waals surface area contributed by atoms with Gasteiger partial charge in [-0.2, -0.15) is 0 Å². The molecule has 0 saturated heterocycles. The van der Waals surface area contributed by atoms with Crippen LogP contribution in [0, 0.1) is 11.7 Å². The van der Waals surface area contributed by atoms with E-state index < -0.39 is 5.82 Å². The molecule has 0 spiro atoms. The van der Waals surface area contributed by atoms with Gasteiger partial charge in [0.2, 0.25) is 0 Å². The Balaban J connectivity index is 1.37. The maximum Gasteiger partial charge on any atom is 0.410 e. The smallest absolute Gasteiger partial charge is 0.410 e. The van der Waals surface area contributed by atoms with Gasteiger partial charge in [-0.1, -0.05) is 19.1 Å². The topological polar surface area (TPSA) is 95.3 Å². The molecule has 0 bridgehead atoms. The van der Waals surface area contributed by atoms with Crippen LogP contribution in [-0.4, -0.2) is 55.4 Å². The zero-order valence-electron chi connectivity index (χ0n) is 18.7. The normalized spacial score (nSPS) is 16.0. The van der Waals surface area contributed by atoms with Gasteiger partial charge < -0.3 is 14.4 Å². The van der Waals surface area contributed by atoms with Crippen molar-refractivity contribution in [1.29, 1.82) is 0 Å². The third kappa shape index (κ3) is 5.33. The lowest BCUT2D eigenvalue weighted by atomic mass is 9.91. The summed E-state index contributed by atoms with van der Waals surface area (Å²) in [6.07, 6.45) is 4.76. The van der Waals surface area contributed by atoms with E-state index in [1.165, 1.54) is 23.1 Å². The van der Waals surface area contributed by atoms with Crippen molar-refractivity contribution in [2.24, 2.45) is 5.92 Å². The Morgan fingerprint density at radius 3 is 2.76 bits per heavy atom. The molecule has 3 heterocycles. The molecule has 0 aliphatic carbocycles. The van der Waals surface area contributed by atoms with Gasteiger partial charge in [0.15, 0.2) is 11.6 Å². The molecule has 1 aliphatic heterocycles. The van der Waals surface area contributed by atoms with E-state index >= 15 is 0 Å². The Morgan fingerprint density at radius 2 is 2.12 bits per heavy atom. The number of halogens is 1. The van der Waals surface area contributed by atoms with E-state index in [9.17, 15) is 9.18 Å². The van der Waals surface area contributed by atoms with E-state index in [0.29, 0.717) is 24.5 Å². The summed E-state index contributed by atoms with van der Waals surface area (Å²) < 4.78 is 26.6. The van der Waals surface area contributed by atoms with E-state index in [-0.39, 0.29) is 30.5 Å². The SMILES string of the molecule is CC(C)OC(=O)N1CC=C(c2ccc(COc3ccc(-n4cnnn4)cc3F)nc2)C(C)C1. The van der Waals surface area contributed by atoms with Crippen LogP contribution >= 0.6 is 0 Å². The van der Waals surface area contributed by atoms with Crippen LogP contribution in [0.4, 0.5) is 9.18 Å². The Bertz CT molecular complexity index is 1130. The second-order valence-electron chi connectivity index (χ2n) is 8.09. The Kier molecular flexibility index (Phi) is 6.62. The van der Waals surface area contributed by atoms with Gasteiger partial charge in [0.05, 0.1) is 17.5 Å². The number of hydrogen-bond donors (Lipinski definition) is 0. The van der Waals surface area contributed by atoms with E-state index in [2.05, 4.69) is 27.4 Å². The molecule has 10 heteroatoms. The lowest BCUT2D eigenvalue weighted by molar-refractivity contribution is 0.0769. The lowest BCUT2D eigenvalue weighted by Crippen LogP contribution is -2.39. The number of carbonyl (C=O) groups excluding carboxylic acids is 1. The third-order valence-corrected chi connectivity index (χ3v) is 5.21. The van der Waals surface area contributed by atoms with Gasteiger partial charge in [0.25, 0.3) is 0 Å². The molecule has 1 atom stereocenters. The molecule has 0 fully saturated rings. The van der Waals surface area contributed by atoms with E-state index in [0.717, 1.165) is 11.1 Å². The number of carbonyl (C=O) groups is 1. The zero-order valence-corrected chi connectivity index (χ0v) is 18.7. The van der Waals surface area contributed by atoms with Crippen molar-refractivity contribution >= 4 is 11.7 Å². The van der Waals surface area contributed by atoms with Crippen LogP contribution in [0.1, 0.15) is 32.0 Å². The quantitative estimate of drug-likeness (QED) is 0.563. The van der Waals surface area contributed by atoms with Crippen LogP contribution in [0.15, 0.2) is 48.9 Å². The molecule has 1 aliphatic rings. The fraction of sp³-hybridized carbons (Fsp3) is 0.348. The minimum atomic E-state index is -0.513. The molecule has 9 nitrogen and oxygen atoms in total. The molecule has 0 saturated carbocycles. The first-order chi connectivity index (χ1) is 15.9. The molecule has 1 amide bonds. The summed E-state index contributed by atoms with van der Waals surface area (Å²) in [6.45, 7) is 6.95. The van der Waals surface area contributed by atoms with Gasteiger partial charge in [-0.3, -0.25) is 4.98 Å². The second kappa shape index (κ2) is 9.76. The molecule has 0 radical (unpaired) electrons. The lowest BCUT2D eigenvalue weighted by Gasteiger charge is -2.31. The fourth-order valence-electron chi connectivity index (χ4n) is 3.60. The van der Waals surface area contributed by atoms with Crippen LogP contribution in [0.25, 0.3) is 11.3 Å². The van der Waals surface area contributed by atoms with Crippen molar-refractivity contribution < 1.29 is 18.7 Å². The van der Waals surface area contributed by atoms with Crippen molar-refractivity contribution in [2.75, 3.05) is 13.1 Å². The monoisotopic (exact) mass is 452 g/mol. The highest BCUT2D eigenvalue weighted by Gasteiger charge is 2.25. The molecular weight excluding hydrogens is 427 g/mol. The first-order valence-corrected chi connectivity index (χ1v) is 10.7. The largest absolute Gasteiger partial charge is 0.484 e. The summed E-state index contributed by atoms with van der Waals surface area (Å²) in [4.78, 5) is 18.3. The van der Waals surface area contributed by atoms with E-state index in [1.54, 1.807) is 17.2 Å². The fourth-order valence-corrected chi connectivity index (χ4v) is 3.60. The van der Waals surface area contributed by atoms with Gasteiger partial charge >= 0.3 is 6.09 Å². The van der Waals surface area contributed by atoms with Crippen molar-refractivity contribution in [2.45, 2.75) is 33.5 Å².